The number of rotatable bonds is 4. The standard InChI is InChI=1S/C17H15FINO3S/c1-2-23-17(22)14-10-4-3-5-13(21)15(10)24-16(14)20-12-7-6-9(19)8-11(12)18/h6-8,20H,2-5H2,1H3. The molecule has 0 unspecified atom stereocenters. The van der Waals surface area contributed by atoms with Crippen LogP contribution in [0, 0.1) is 9.39 Å². The van der Waals surface area contributed by atoms with Crippen molar-refractivity contribution in [3.05, 3.63) is 43.6 Å². The Kier molecular flexibility index (Phi) is 5.19. The van der Waals surface area contributed by atoms with Crippen molar-refractivity contribution in [3.63, 3.8) is 0 Å². The average Bonchev–Trinajstić information content (AvgIpc) is 2.90. The van der Waals surface area contributed by atoms with Gasteiger partial charge >= 0.3 is 5.97 Å². The molecule has 0 spiro atoms. The molecule has 0 radical (unpaired) electrons. The molecule has 4 nitrogen and oxygen atoms in total. The third kappa shape index (κ3) is 3.32. The van der Waals surface area contributed by atoms with Crippen molar-refractivity contribution in [3.8, 4) is 0 Å². The molecule has 1 aromatic heterocycles. The number of nitrogens with one attached hydrogen (secondary N) is 1. The lowest BCUT2D eigenvalue weighted by atomic mass is 9.94. The maximum absolute atomic E-state index is 14.1. The highest BCUT2D eigenvalue weighted by Crippen LogP contribution is 2.40. The van der Waals surface area contributed by atoms with Crippen molar-refractivity contribution < 1.29 is 18.7 Å². The normalized spacial score (nSPS) is 13.5. The quantitative estimate of drug-likeness (QED) is 0.521. The Bertz CT molecular complexity index is 818. The summed E-state index contributed by atoms with van der Waals surface area (Å²) < 4.78 is 20.0. The lowest BCUT2D eigenvalue weighted by molar-refractivity contribution is 0.0527. The molecule has 0 amide bonds. The molecule has 0 saturated carbocycles. The van der Waals surface area contributed by atoms with Crippen molar-refractivity contribution in [2.45, 2.75) is 26.2 Å². The number of halogens is 2. The van der Waals surface area contributed by atoms with Crippen LogP contribution in [0.3, 0.4) is 0 Å². The highest BCUT2D eigenvalue weighted by molar-refractivity contribution is 14.1. The second kappa shape index (κ2) is 7.18. The molecule has 126 valence electrons. The van der Waals surface area contributed by atoms with Crippen molar-refractivity contribution in [2.75, 3.05) is 11.9 Å². The lowest BCUT2D eigenvalue weighted by Gasteiger charge is -2.12. The summed E-state index contributed by atoms with van der Waals surface area (Å²) in [6, 6.07) is 4.80. The minimum Gasteiger partial charge on any atom is -0.462 e. The molecule has 1 aliphatic rings. The highest BCUT2D eigenvalue weighted by atomic mass is 127. The molecule has 1 N–H and O–H groups in total. The molecule has 0 saturated heterocycles. The van der Waals surface area contributed by atoms with Gasteiger partial charge in [-0.3, -0.25) is 4.79 Å². The van der Waals surface area contributed by atoms with Crippen LogP contribution in [0.1, 0.15) is 45.4 Å². The molecular weight excluding hydrogens is 444 g/mol. The van der Waals surface area contributed by atoms with Crippen molar-refractivity contribution in [2.24, 2.45) is 0 Å². The zero-order valence-corrected chi connectivity index (χ0v) is 15.9. The Labute approximate surface area is 156 Å². The van der Waals surface area contributed by atoms with Crippen LogP contribution >= 0.6 is 33.9 Å². The molecule has 7 heteroatoms. The summed E-state index contributed by atoms with van der Waals surface area (Å²) in [7, 11) is 0. The van der Waals surface area contributed by atoms with E-state index in [-0.39, 0.29) is 18.1 Å². The molecular formula is C17H15FINO3S. The first kappa shape index (κ1) is 17.3. The van der Waals surface area contributed by atoms with Gasteiger partial charge in [0.25, 0.3) is 0 Å². The number of Topliss-reactive ketones (excluding diaryl/α,β-unsaturated/α-hetero) is 1. The van der Waals surface area contributed by atoms with Crippen LogP contribution in [0.5, 0.6) is 0 Å². The molecule has 0 fully saturated rings. The topological polar surface area (TPSA) is 55.4 Å². The van der Waals surface area contributed by atoms with Crippen LogP contribution in [0.25, 0.3) is 0 Å². The largest absolute Gasteiger partial charge is 0.462 e. The second-order valence-corrected chi connectivity index (χ2v) is 7.63. The number of benzene rings is 1. The molecule has 24 heavy (non-hydrogen) atoms. The molecule has 0 aliphatic heterocycles. The third-order valence-electron chi connectivity index (χ3n) is 3.75. The lowest BCUT2D eigenvalue weighted by Crippen LogP contribution is -2.13. The Hall–Kier alpha value is -1.48. The van der Waals surface area contributed by atoms with E-state index < -0.39 is 11.8 Å². The number of anilines is 2. The number of fused-ring (bicyclic) bond motifs is 1. The zero-order valence-electron chi connectivity index (χ0n) is 12.9. The maximum Gasteiger partial charge on any atom is 0.341 e. The van der Waals surface area contributed by atoms with Crippen LogP contribution in [0.15, 0.2) is 18.2 Å². The van der Waals surface area contributed by atoms with E-state index in [0.29, 0.717) is 34.7 Å². The summed E-state index contributed by atoms with van der Waals surface area (Å²) >= 11 is 3.23. The van der Waals surface area contributed by atoms with Crippen molar-refractivity contribution in [1.82, 2.24) is 0 Å². The van der Waals surface area contributed by atoms with Crippen LogP contribution in [-0.2, 0) is 11.2 Å². The maximum atomic E-state index is 14.1. The van der Waals surface area contributed by atoms with Crippen LogP contribution < -0.4 is 5.32 Å². The van der Waals surface area contributed by atoms with Crippen molar-refractivity contribution >= 4 is 56.4 Å². The molecule has 3 rings (SSSR count). The number of carbonyl (C=O) groups excluding carboxylic acids is 2. The molecule has 1 aromatic carbocycles. The van der Waals surface area contributed by atoms with E-state index in [1.165, 1.54) is 17.4 Å². The first-order chi connectivity index (χ1) is 11.5. The van der Waals surface area contributed by atoms with Crippen LogP contribution in [-0.4, -0.2) is 18.4 Å². The Morgan fingerprint density at radius 3 is 2.92 bits per heavy atom. The first-order valence-electron chi connectivity index (χ1n) is 7.59. The van der Waals surface area contributed by atoms with E-state index in [9.17, 15) is 14.0 Å². The fourth-order valence-corrected chi connectivity index (χ4v) is 4.36. The van der Waals surface area contributed by atoms with Gasteiger partial charge in [-0.25, -0.2) is 9.18 Å². The van der Waals surface area contributed by atoms with Gasteiger partial charge in [0.1, 0.15) is 10.8 Å². The summed E-state index contributed by atoms with van der Waals surface area (Å²) in [5, 5.41) is 3.44. The van der Waals surface area contributed by atoms with E-state index in [1.807, 2.05) is 22.6 Å². The monoisotopic (exact) mass is 459 g/mol. The number of ketones is 1. The summed E-state index contributed by atoms with van der Waals surface area (Å²) in [5.74, 6) is -0.851. The highest BCUT2D eigenvalue weighted by Gasteiger charge is 2.30. The molecule has 0 bridgehead atoms. The van der Waals surface area contributed by atoms with Gasteiger partial charge in [-0.05, 0) is 66.1 Å². The summed E-state index contributed by atoms with van der Waals surface area (Å²) in [5.41, 5.74) is 1.36. The van der Waals surface area contributed by atoms with Gasteiger partial charge in [-0.1, -0.05) is 0 Å². The SMILES string of the molecule is CCOC(=O)c1c(Nc2ccc(I)cc2F)sc2c1CCCC2=O. The molecule has 0 atom stereocenters. The smallest absolute Gasteiger partial charge is 0.341 e. The minimum atomic E-state index is -0.474. The fourth-order valence-electron chi connectivity index (χ4n) is 2.69. The van der Waals surface area contributed by atoms with E-state index in [4.69, 9.17) is 4.74 Å². The average molecular weight is 459 g/mol. The predicted octanol–water partition coefficient (Wildman–Crippen LogP) is 4.93. The third-order valence-corrected chi connectivity index (χ3v) is 5.61. The predicted molar refractivity (Wildman–Crippen MR) is 99.9 cm³/mol. The molecule has 2 aromatic rings. The van der Waals surface area contributed by atoms with Crippen LogP contribution in [0.4, 0.5) is 15.1 Å². The number of ether oxygens (including phenoxy) is 1. The number of hydrogen-bond donors (Lipinski definition) is 1. The molecule has 1 aliphatic carbocycles. The summed E-state index contributed by atoms with van der Waals surface area (Å²) in [6.45, 7) is 1.97. The first-order valence-corrected chi connectivity index (χ1v) is 9.48. The van der Waals surface area contributed by atoms with Gasteiger partial charge in [0.15, 0.2) is 5.78 Å². The Morgan fingerprint density at radius 1 is 1.42 bits per heavy atom. The Morgan fingerprint density at radius 2 is 2.21 bits per heavy atom. The van der Waals surface area contributed by atoms with E-state index in [1.54, 1.807) is 19.1 Å². The number of carbonyl (C=O) groups is 2. The number of thiophene rings is 1. The zero-order chi connectivity index (χ0) is 17.3. The molecule has 1 heterocycles. The van der Waals surface area contributed by atoms with Gasteiger partial charge in [0, 0.05) is 9.99 Å². The summed E-state index contributed by atoms with van der Waals surface area (Å²) in [4.78, 5) is 25.1. The van der Waals surface area contributed by atoms with Gasteiger partial charge in [0.05, 0.1) is 22.7 Å². The van der Waals surface area contributed by atoms with E-state index in [0.717, 1.165) is 9.13 Å². The summed E-state index contributed by atoms with van der Waals surface area (Å²) in [6.07, 6.45) is 1.85. The van der Waals surface area contributed by atoms with Gasteiger partial charge in [0.2, 0.25) is 0 Å². The van der Waals surface area contributed by atoms with Gasteiger partial charge in [-0.15, -0.1) is 11.3 Å². The number of esters is 1. The minimum absolute atomic E-state index is 0.0305. The van der Waals surface area contributed by atoms with Crippen LogP contribution in [0.2, 0.25) is 0 Å². The van der Waals surface area contributed by atoms with E-state index in [2.05, 4.69) is 5.32 Å². The van der Waals surface area contributed by atoms with Gasteiger partial charge in [-0.2, -0.15) is 0 Å². The van der Waals surface area contributed by atoms with Crippen molar-refractivity contribution in [1.29, 1.82) is 0 Å². The number of hydrogen-bond acceptors (Lipinski definition) is 5. The van der Waals surface area contributed by atoms with Gasteiger partial charge < -0.3 is 10.1 Å². The Balaban J connectivity index is 2.06. The fraction of sp³-hybridized carbons (Fsp3) is 0.294. The van der Waals surface area contributed by atoms with E-state index >= 15 is 0 Å². The second-order valence-electron chi connectivity index (χ2n) is 5.36.